The summed E-state index contributed by atoms with van der Waals surface area (Å²) in [6, 6.07) is 7.21. The van der Waals surface area contributed by atoms with Crippen molar-refractivity contribution in [1.82, 2.24) is 9.97 Å². The van der Waals surface area contributed by atoms with Gasteiger partial charge in [-0.3, -0.25) is 0 Å². The molecule has 102 valence electrons. The summed E-state index contributed by atoms with van der Waals surface area (Å²) < 4.78 is 0. The standard InChI is InChI=1S/C13H8Cl3N3S/c1-6-4-8-11(18-13(16)19-12(8)20-6)17-10-5-7(14)2-3-9(10)15/h2-5H,1H3,(H,17,18,19). The van der Waals surface area contributed by atoms with Crippen molar-refractivity contribution in [3.8, 4) is 0 Å². The van der Waals surface area contributed by atoms with E-state index in [-0.39, 0.29) is 5.28 Å². The van der Waals surface area contributed by atoms with Crippen LogP contribution in [-0.4, -0.2) is 9.97 Å². The number of halogens is 3. The van der Waals surface area contributed by atoms with E-state index in [2.05, 4.69) is 15.3 Å². The second-order valence-electron chi connectivity index (χ2n) is 4.17. The van der Waals surface area contributed by atoms with Crippen LogP contribution in [0.2, 0.25) is 15.3 Å². The lowest BCUT2D eigenvalue weighted by Gasteiger charge is -2.09. The average Bonchev–Trinajstić information content (AvgIpc) is 2.74. The topological polar surface area (TPSA) is 37.8 Å². The molecular weight excluding hydrogens is 337 g/mol. The summed E-state index contributed by atoms with van der Waals surface area (Å²) in [4.78, 5) is 10.4. The average molecular weight is 345 g/mol. The minimum Gasteiger partial charge on any atom is -0.338 e. The van der Waals surface area contributed by atoms with Crippen LogP contribution in [0.4, 0.5) is 11.5 Å². The summed E-state index contributed by atoms with van der Waals surface area (Å²) in [6.45, 7) is 2.01. The third-order valence-corrected chi connectivity index (χ3v) is 4.35. The molecule has 3 rings (SSSR count). The minimum absolute atomic E-state index is 0.194. The molecule has 0 fully saturated rings. The number of anilines is 2. The van der Waals surface area contributed by atoms with E-state index in [1.54, 1.807) is 29.5 Å². The Balaban J connectivity index is 2.12. The van der Waals surface area contributed by atoms with Gasteiger partial charge in [0.25, 0.3) is 0 Å². The first kappa shape index (κ1) is 13.9. The smallest absolute Gasteiger partial charge is 0.225 e. The Kier molecular flexibility index (Phi) is 3.73. The van der Waals surface area contributed by atoms with Crippen LogP contribution in [0, 0.1) is 6.92 Å². The Labute approximate surface area is 134 Å². The van der Waals surface area contributed by atoms with Crippen molar-refractivity contribution in [3.63, 3.8) is 0 Å². The zero-order chi connectivity index (χ0) is 14.3. The Morgan fingerprint density at radius 2 is 1.90 bits per heavy atom. The molecule has 3 nitrogen and oxygen atoms in total. The van der Waals surface area contributed by atoms with E-state index in [0.29, 0.717) is 21.6 Å². The van der Waals surface area contributed by atoms with E-state index in [1.165, 1.54) is 0 Å². The van der Waals surface area contributed by atoms with Crippen molar-refractivity contribution < 1.29 is 0 Å². The Morgan fingerprint density at radius 1 is 1.10 bits per heavy atom. The second-order valence-corrected chi connectivity index (χ2v) is 6.58. The lowest BCUT2D eigenvalue weighted by Crippen LogP contribution is -1.96. The Hall–Kier alpha value is -1.07. The number of aromatic nitrogens is 2. The second kappa shape index (κ2) is 5.37. The highest BCUT2D eigenvalue weighted by molar-refractivity contribution is 7.18. The number of thiophene rings is 1. The predicted octanol–water partition coefficient (Wildman–Crippen LogP) is 5.70. The summed E-state index contributed by atoms with van der Waals surface area (Å²) in [6.07, 6.45) is 0. The molecule has 0 saturated carbocycles. The van der Waals surface area contributed by atoms with Crippen molar-refractivity contribution in [2.24, 2.45) is 0 Å². The SMILES string of the molecule is Cc1cc2c(Nc3cc(Cl)ccc3Cl)nc(Cl)nc2s1. The van der Waals surface area contributed by atoms with Crippen molar-refractivity contribution in [2.75, 3.05) is 5.32 Å². The van der Waals surface area contributed by atoms with Gasteiger partial charge in [0.05, 0.1) is 16.1 Å². The molecule has 3 aromatic rings. The summed E-state index contributed by atoms with van der Waals surface area (Å²) >= 11 is 19.6. The molecule has 0 radical (unpaired) electrons. The number of rotatable bonds is 2. The third-order valence-electron chi connectivity index (χ3n) is 2.67. The van der Waals surface area contributed by atoms with Gasteiger partial charge in [-0.15, -0.1) is 11.3 Å². The fourth-order valence-corrected chi connectivity index (χ4v) is 3.27. The highest BCUT2D eigenvalue weighted by Crippen LogP contribution is 2.34. The number of hydrogen-bond donors (Lipinski definition) is 1. The number of fused-ring (bicyclic) bond motifs is 1. The molecule has 0 spiro atoms. The first-order valence-electron chi connectivity index (χ1n) is 5.69. The molecule has 2 aromatic heterocycles. The molecule has 0 amide bonds. The van der Waals surface area contributed by atoms with Crippen LogP contribution in [0.25, 0.3) is 10.2 Å². The Bertz CT molecular complexity index is 801. The van der Waals surface area contributed by atoms with Gasteiger partial charge in [0.15, 0.2) is 0 Å². The van der Waals surface area contributed by atoms with Gasteiger partial charge in [-0.25, -0.2) is 4.98 Å². The maximum Gasteiger partial charge on any atom is 0.225 e. The monoisotopic (exact) mass is 343 g/mol. The van der Waals surface area contributed by atoms with E-state index in [1.807, 2.05) is 13.0 Å². The van der Waals surface area contributed by atoms with Gasteiger partial charge in [0.2, 0.25) is 5.28 Å². The van der Waals surface area contributed by atoms with Gasteiger partial charge in [-0.2, -0.15) is 4.98 Å². The van der Waals surface area contributed by atoms with Crippen molar-refractivity contribution in [3.05, 3.63) is 44.5 Å². The fraction of sp³-hybridized carbons (Fsp3) is 0.0769. The molecule has 0 aliphatic heterocycles. The first-order chi connectivity index (χ1) is 9.52. The van der Waals surface area contributed by atoms with E-state index >= 15 is 0 Å². The molecular formula is C13H8Cl3N3S. The Morgan fingerprint density at radius 3 is 2.70 bits per heavy atom. The molecule has 7 heteroatoms. The third kappa shape index (κ3) is 2.69. The van der Waals surface area contributed by atoms with Crippen LogP contribution < -0.4 is 5.32 Å². The van der Waals surface area contributed by atoms with Crippen LogP contribution >= 0.6 is 46.1 Å². The maximum atomic E-state index is 6.15. The van der Waals surface area contributed by atoms with Gasteiger partial charge in [0, 0.05) is 9.90 Å². The lowest BCUT2D eigenvalue weighted by atomic mass is 10.3. The van der Waals surface area contributed by atoms with Gasteiger partial charge < -0.3 is 5.32 Å². The normalized spacial score (nSPS) is 11.0. The molecule has 0 saturated heterocycles. The van der Waals surface area contributed by atoms with Crippen LogP contribution in [0.3, 0.4) is 0 Å². The van der Waals surface area contributed by atoms with Crippen molar-refractivity contribution in [2.45, 2.75) is 6.92 Å². The molecule has 0 bridgehead atoms. The van der Waals surface area contributed by atoms with E-state index < -0.39 is 0 Å². The molecule has 1 aromatic carbocycles. The minimum atomic E-state index is 0.194. The van der Waals surface area contributed by atoms with Crippen LogP contribution in [-0.2, 0) is 0 Å². The number of aryl methyl sites for hydroxylation is 1. The van der Waals surface area contributed by atoms with Crippen molar-refractivity contribution in [1.29, 1.82) is 0 Å². The largest absolute Gasteiger partial charge is 0.338 e. The summed E-state index contributed by atoms with van der Waals surface area (Å²) in [5, 5.41) is 5.42. The van der Waals surface area contributed by atoms with Gasteiger partial charge in [-0.1, -0.05) is 23.2 Å². The molecule has 0 unspecified atom stereocenters. The van der Waals surface area contributed by atoms with Crippen LogP contribution in [0.15, 0.2) is 24.3 Å². The van der Waals surface area contributed by atoms with Crippen LogP contribution in [0.1, 0.15) is 4.88 Å². The number of hydrogen-bond acceptors (Lipinski definition) is 4. The first-order valence-corrected chi connectivity index (χ1v) is 7.64. The zero-order valence-electron chi connectivity index (χ0n) is 10.2. The van der Waals surface area contributed by atoms with E-state index in [0.717, 1.165) is 15.1 Å². The molecule has 1 N–H and O–H groups in total. The summed E-state index contributed by atoms with van der Waals surface area (Å²) in [7, 11) is 0. The highest BCUT2D eigenvalue weighted by Gasteiger charge is 2.11. The predicted molar refractivity (Wildman–Crippen MR) is 86.9 cm³/mol. The van der Waals surface area contributed by atoms with Crippen molar-refractivity contribution >= 4 is 67.9 Å². The van der Waals surface area contributed by atoms with E-state index in [9.17, 15) is 0 Å². The molecule has 20 heavy (non-hydrogen) atoms. The highest BCUT2D eigenvalue weighted by atomic mass is 35.5. The van der Waals surface area contributed by atoms with E-state index in [4.69, 9.17) is 34.8 Å². The van der Waals surface area contributed by atoms with Gasteiger partial charge >= 0.3 is 0 Å². The summed E-state index contributed by atoms with van der Waals surface area (Å²) in [5.41, 5.74) is 0.680. The maximum absolute atomic E-state index is 6.15. The number of nitrogens with one attached hydrogen (secondary N) is 1. The quantitative estimate of drug-likeness (QED) is 0.606. The lowest BCUT2D eigenvalue weighted by molar-refractivity contribution is 1.23. The molecule has 0 aliphatic carbocycles. The molecule has 0 aliphatic rings. The van der Waals surface area contributed by atoms with Crippen LogP contribution in [0.5, 0.6) is 0 Å². The van der Waals surface area contributed by atoms with Gasteiger partial charge in [-0.05, 0) is 42.8 Å². The fourth-order valence-electron chi connectivity index (χ4n) is 1.83. The molecule has 2 heterocycles. The number of nitrogens with zero attached hydrogens (tertiary/aromatic N) is 2. The number of benzene rings is 1. The van der Waals surface area contributed by atoms with Gasteiger partial charge in [0.1, 0.15) is 10.6 Å². The molecule has 0 atom stereocenters. The zero-order valence-corrected chi connectivity index (χ0v) is 13.3. The summed E-state index contributed by atoms with van der Waals surface area (Å²) in [5.74, 6) is 0.619.